The average Bonchev–Trinajstić information content (AvgIpc) is 2.60. The molecule has 1 fully saturated rings. The van der Waals surface area contributed by atoms with Crippen LogP contribution in [0.3, 0.4) is 0 Å². The van der Waals surface area contributed by atoms with Gasteiger partial charge in [-0.3, -0.25) is 0 Å². The first-order valence-corrected chi connectivity index (χ1v) is 5.89. The highest BCUT2D eigenvalue weighted by atomic mass is 16.5. The second-order valence-corrected chi connectivity index (χ2v) is 5.17. The van der Waals surface area contributed by atoms with Gasteiger partial charge in [-0.15, -0.1) is 0 Å². The highest BCUT2D eigenvalue weighted by Gasteiger charge is 2.28. The number of hydrogen-bond acceptors (Lipinski definition) is 3. The number of rotatable bonds is 3. The molecule has 2 rings (SSSR count). The normalized spacial score (nSPS) is 24.6. The maximum Gasteiger partial charge on any atom is 0.0945 e. The number of ether oxygens (including phenoxy) is 1. The van der Waals surface area contributed by atoms with Crippen LogP contribution in [0.1, 0.15) is 32.4 Å². The number of nitrogens with zero attached hydrogens (tertiary/aromatic N) is 2. The molecule has 1 aromatic heterocycles. The average molecular weight is 223 g/mol. The predicted molar refractivity (Wildman–Crippen MR) is 63.1 cm³/mol. The quantitative estimate of drug-likeness (QED) is 0.843. The first-order valence-electron chi connectivity index (χ1n) is 5.89. The SMILES string of the molecule is Cn1cncc1CNC1CCOC(C)(C)C1. The molecule has 90 valence electrons. The van der Waals surface area contributed by atoms with Gasteiger partial charge in [0.05, 0.1) is 17.6 Å². The number of aryl methyl sites for hydroxylation is 1. The Bertz CT molecular complexity index is 346. The molecule has 0 spiro atoms. The van der Waals surface area contributed by atoms with Gasteiger partial charge in [-0.2, -0.15) is 0 Å². The lowest BCUT2D eigenvalue weighted by Gasteiger charge is -2.36. The van der Waals surface area contributed by atoms with E-state index in [1.165, 1.54) is 5.69 Å². The molecule has 0 saturated carbocycles. The molecule has 1 N–H and O–H groups in total. The zero-order chi connectivity index (χ0) is 11.6. The van der Waals surface area contributed by atoms with E-state index in [0.717, 1.165) is 26.0 Å². The third-order valence-electron chi connectivity index (χ3n) is 3.19. The lowest BCUT2D eigenvalue weighted by Crippen LogP contribution is -2.43. The van der Waals surface area contributed by atoms with Gasteiger partial charge in [0, 0.05) is 32.4 Å². The third-order valence-corrected chi connectivity index (χ3v) is 3.19. The minimum absolute atomic E-state index is 0.0162. The lowest BCUT2D eigenvalue weighted by atomic mass is 9.94. The van der Waals surface area contributed by atoms with Crippen molar-refractivity contribution in [3.8, 4) is 0 Å². The zero-order valence-corrected chi connectivity index (χ0v) is 10.4. The van der Waals surface area contributed by atoms with Crippen molar-refractivity contribution >= 4 is 0 Å². The van der Waals surface area contributed by atoms with Crippen LogP contribution in [0.15, 0.2) is 12.5 Å². The van der Waals surface area contributed by atoms with Crippen LogP contribution >= 0.6 is 0 Å². The van der Waals surface area contributed by atoms with Gasteiger partial charge in [-0.1, -0.05) is 0 Å². The number of imidazole rings is 1. The molecule has 0 radical (unpaired) electrons. The number of hydrogen-bond donors (Lipinski definition) is 1. The summed E-state index contributed by atoms with van der Waals surface area (Å²) >= 11 is 0. The van der Waals surface area contributed by atoms with Crippen LogP contribution in [0, 0.1) is 0 Å². The zero-order valence-electron chi connectivity index (χ0n) is 10.4. The van der Waals surface area contributed by atoms with E-state index in [4.69, 9.17) is 4.74 Å². The molecule has 1 aliphatic heterocycles. The van der Waals surface area contributed by atoms with Gasteiger partial charge in [0.1, 0.15) is 0 Å². The Morgan fingerprint density at radius 3 is 3.06 bits per heavy atom. The summed E-state index contributed by atoms with van der Waals surface area (Å²) in [7, 11) is 2.03. The Kier molecular flexibility index (Phi) is 3.30. The van der Waals surface area contributed by atoms with E-state index in [1.54, 1.807) is 0 Å². The van der Waals surface area contributed by atoms with Crippen LogP contribution in [0.25, 0.3) is 0 Å². The molecule has 4 heteroatoms. The molecule has 16 heavy (non-hydrogen) atoms. The van der Waals surface area contributed by atoms with E-state index in [9.17, 15) is 0 Å². The number of nitrogens with one attached hydrogen (secondary N) is 1. The van der Waals surface area contributed by atoms with Crippen molar-refractivity contribution in [3.63, 3.8) is 0 Å². The van der Waals surface area contributed by atoms with Crippen LogP contribution < -0.4 is 5.32 Å². The van der Waals surface area contributed by atoms with Gasteiger partial charge >= 0.3 is 0 Å². The maximum atomic E-state index is 5.70. The largest absolute Gasteiger partial charge is 0.375 e. The van der Waals surface area contributed by atoms with Crippen molar-refractivity contribution in [1.29, 1.82) is 0 Å². The fourth-order valence-corrected chi connectivity index (χ4v) is 2.21. The number of aromatic nitrogens is 2. The summed E-state index contributed by atoms with van der Waals surface area (Å²) in [4.78, 5) is 4.11. The van der Waals surface area contributed by atoms with Crippen LogP contribution in [-0.4, -0.2) is 27.8 Å². The van der Waals surface area contributed by atoms with Gasteiger partial charge in [0.25, 0.3) is 0 Å². The molecule has 1 aromatic rings. The Balaban J connectivity index is 1.84. The summed E-state index contributed by atoms with van der Waals surface area (Å²) in [6.45, 7) is 6.06. The van der Waals surface area contributed by atoms with Crippen molar-refractivity contribution in [2.24, 2.45) is 7.05 Å². The fraction of sp³-hybridized carbons (Fsp3) is 0.750. The van der Waals surface area contributed by atoms with E-state index in [1.807, 2.05) is 19.6 Å². The molecule has 1 aliphatic rings. The Labute approximate surface area is 97.0 Å². The third kappa shape index (κ3) is 2.83. The maximum absolute atomic E-state index is 5.70. The topological polar surface area (TPSA) is 39.1 Å². The lowest BCUT2D eigenvalue weighted by molar-refractivity contribution is -0.0631. The Morgan fingerprint density at radius 2 is 2.44 bits per heavy atom. The van der Waals surface area contributed by atoms with Crippen molar-refractivity contribution < 1.29 is 4.74 Å². The highest BCUT2D eigenvalue weighted by Crippen LogP contribution is 2.23. The molecule has 0 aliphatic carbocycles. The summed E-state index contributed by atoms with van der Waals surface area (Å²) in [5, 5.41) is 3.58. The monoisotopic (exact) mass is 223 g/mol. The molecule has 0 amide bonds. The second kappa shape index (κ2) is 4.55. The summed E-state index contributed by atoms with van der Waals surface area (Å²) in [5.74, 6) is 0. The van der Waals surface area contributed by atoms with Gasteiger partial charge < -0.3 is 14.6 Å². The van der Waals surface area contributed by atoms with E-state index in [2.05, 4.69) is 28.7 Å². The summed E-state index contributed by atoms with van der Waals surface area (Å²) in [6, 6.07) is 0.554. The molecule has 1 unspecified atom stereocenters. The Hall–Kier alpha value is -0.870. The van der Waals surface area contributed by atoms with Crippen molar-refractivity contribution in [1.82, 2.24) is 14.9 Å². The van der Waals surface area contributed by atoms with Gasteiger partial charge in [-0.25, -0.2) is 4.98 Å². The van der Waals surface area contributed by atoms with E-state index in [0.29, 0.717) is 6.04 Å². The van der Waals surface area contributed by atoms with Gasteiger partial charge in [0.15, 0.2) is 0 Å². The predicted octanol–water partition coefficient (Wildman–Crippen LogP) is 1.47. The first-order chi connectivity index (χ1) is 7.57. The fourth-order valence-electron chi connectivity index (χ4n) is 2.21. The van der Waals surface area contributed by atoms with Crippen molar-refractivity contribution in [2.45, 2.75) is 44.9 Å². The molecular formula is C12H21N3O. The van der Waals surface area contributed by atoms with Gasteiger partial charge in [0.2, 0.25) is 0 Å². The first kappa shape index (κ1) is 11.6. The summed E-state index contributed by atoms with van der Waals surface area (Å²) in [5.41, 5.74) is 1.24. The van der Waals surface area contributed by atoms with E-state index >= 15 is 0 Å². The van der Waals surface area contributed by atoms with Crippen molar-refractivity contribution in [2.75, 3.05) is 6.61 Å². The molecule has 1 atom stereocenters. The second-order valence-electron chi connectivity index (χ2n) is 5.17. The minimum Gasteiger partial charge on any atom is -0.375 e. The van der Waals surface area contributed by atoms with Crippen LogP contribution in [0.4, 0.5) is 0 Å². The molecule has 0 aromatic carbocycles. The summed E-state index contributed by atoms with van der Waals surface area (Å²) < 4.78 is 7.75. The Morgan fingerprint density at radius 1 is 1.62 bits per heavy atom. The molecule has 1 saturated heterocycles. The standard InChI is InChI=1S/C12H21N3O/c1-12(2)6-10(4-5-16-12)14-8-11-7-13-9-15(11)3/h7,9-10,14H,4-6,8H2,1-3H3. The molecule has 0 bridgehead atoms. The smallest absolute Gasteiger partial charge is 0.0945 e. The van der Waals surface area contributed by atoms with Crippen LogP contribution in [0.2, 0.25) is 0 Å². The summed E-state index contributed by atoms with van der Waals surface area (Å²) in [6.07, 6.45) is 5.93. The van der Waals surface area contributed by atoms with Crippen LogP contribution in [-0.2, 0) is 18.3 Å². The van der Waals surface area contributed by atoms with Crippen LogP contribution in [0.5, 0.6) is 0 Å². The van der Waals surface area contributed by atoms with Gasteiger partial charge in [-0.05, 0) is 26.7 Å². The van der Waals surface area contributed by atoms with Crippen molar-refractivity contribution in [3.05, 3.63) is 18.2 Å². The molecule has 2 heterocycles. The highest BCUT2D eigenvalue weighted by molar-refractivity contribution is 4.97. The molecular weight excluding hydrogens is 202 g/mol. The minimum atomic E-state index is 0.0162. The molecule has 4 nitrogen and oxygen atoms in total. The van der Waals surface area contributed by atoms with E-state index < -0.39 is 0 Å². The van der Waals surface area contributed by atoms with E-state index in [-0.39, 0.29) is 5.60 Å².